The van der Waals surface area contributed by atoms with Gasteiger partial charge in [0.05, 0.1) is 12.4 Å². The van der Waals surface area contributed by atoms with E-state index in [0.29, 0.717) is 11.1 Å². The van der Waals surface area contributed by atoms with Crippen molar-refractivity contribution in [3.8, 4) is 0 Å². The molecule has 0 spiro atoms. The van der Waals surface area contributed by atoms with Crippen LogP contribution in [0.3, 0.4) is 0 Å². The maximum absolute atomic E-state index is 12.5. The fourth-order valence-corrected chi connectivity index (χ4v) is 2.64. The highest BCUT2D eigenvalue weighted by Crippen LogP contribution is 2.27. The molecular weight excluding hydrogens is 498 g/mol. The molecule has 0 aliphatic rings. The van der Waals surface area contributed by atoms with Crippen LogP contribution in [-0.2, 0) is 35.0 Å². The normalized spacial score (nSPS) is 12.4. The van der Waals surface area contributed by atoms with Gasteiger partial charge in [0, 0.05) is 12.4 Å². The van der Waals surface area contributed by atoms with Gasteiger partial charge in [0.1, 0.15) is 13.1 Å². The number of amides is 2. The molecule has 0 fully saturated rings. The minimum atomic E-state index is -4.61. The molecule has 0 aliphatic heterocycles. The summed E-state index contributed by atoms with van der Waals surface area (Å²) < 4.78 is 76.9. The second-order valence-corrected chi connectivity index (χ2v) is 7.05. The van der Waals surface area contributed by atoms with Gasteiger partial charge in [0.15, 0.2) is 11.4 Å². The summed E-state index contributed by atoms with van der Waals surface area (Å²) in [5.74, 6) is -1.41. The molecule has 190 valence electrons. The third-order valence-corrected chi connectivity index (χ3v) is 4.19. The van der Waals surface area contributed by atoms with Gasteiger partial charge in [-0.2, -0.15) is 46.7 Å². The number of carbonyl (C=O) groups is 2. The van der Waals surface area contributed by atoms with Crippen LogP contribution in [0.15, 0.2) is 59.0 Å². The van der Waals surface area contributed by atoms with E-state index in [1.807, 2.05) is 0 Å². The van der Waals surface area contributed by atoms with E-state index >= 15 is 0 Å². The predicted octanol–water partition coefficient (Wildman–Crippen LogP) is 2.42. The van der Waals surface area contributed by atoms with Gasteiger partial charge in [-0.25, -0.2) is 10.9 Å². The van der Waals surface area contributed by atoms with Crippen LogP contribution < -0.4 is 10.9 Å². The largest absolute Gasteiger partial charge is 0.435 e. The molecule has 2 N–H and O–H groups in total. The van der Waals surface area contributed by atoms with Gasteiger partial charge in [-0.05, 0) is 29.3 Å². The van der Waals surface area contributed by atoms with Crippen LogP contribution in [0.5, 0.6) is 0 Å². The van der Waals surface area contributed by atoms with E-state index in [1.54, 1.807) is 24.3 Å². The number of nitrogens with zero attached hydrogens (tertiary/aromatic N) is 6. The van der Waals surface area contributed by atoms with Crippen LogP contribution in [0.25, 0.3) is 0 Å². The average molecular weight is 514 g/mol. The van der Waals surface area contributed by atoms with Crippen molar-refractivity contribution < 1.29 is 35.9 Å². The molecule has 2 amide bonds. The number of rotatable bonds is 8. The molecule has 0 saturated heterocycles. The number of hydrogen-bond donors (Lipinski definition) is 2. The Morgan fingerprint density at radius 2 is 1.19 bits per heavy atom. The zero-order valence-electron chi connectivity index (χ0n) is 18.0. The highest BCUT2D eigenvalue weighted by Gasteiger charge is 2.34. The lowest BCUT2D eigenvalue weighted by molar-refractivity contribution is -0.142. The monoisotopic (exact) mass is 514 g/mol. The molecular formula is C20H16F6N8O2. The summed E-state index contributed by atoms with van der Waals surface area (Å²) in [5, 5.41) is 14.0. The molecule has 2 heterocycles. The number of carbonyl (C=O) groups excluding carboxylic acids is 2. The third-order valence-electron chi connectivity index (χ3n) is 4.19. The molecule has 0 atom stereocenters. The van der Waals surface area contributed by atoms with Gasteiger partial charge >= 0.3 is 12.4 Å². The number of hydrogen-bond acceptors (Lipinski definition) is 6. The minimum absolute atomic E-state index is 0.476. The first kappa shape index (κ1) is 26.1. The van der Waals surface area contributed by atoms with E-state index in [2.05, 4.69) is 31.3 Å². The molecule has 1 aromatic carbocycles. The van der Waals surface area contributed by atoms with Crippen LogP contribution in [0.2, 0.25) is 0 Å². The maximum atomic E-state index is 12.5. The standard InChI is InChI=1S/C20H16F6N8O2/c21-19(22,23)15-4-6-33(31-15)11-17(35)29-27-9-13-2-1-3-14(8-13)10-28-30-18(36)12-34-7-5-16(32-34)20(24,25)26/h1-10H,11-12H2,(H,29,35)(H,30,36)/b27-9+,28-10+. The van der Waals surface area contributed by atoms with E-state index in [9.17, 15) is 35.9 Å². The molecule has 2 aromatic heterocycles. The first-order valence-electron chi connectivity index (χ1n) is 9.85. The number of nitrogens with one attached hydrogen (secondary N) is 2. The Kier molecular flexibility index (Phi) is 7.86. The SMILES string of the molecule is O=C(Cn1ccc(C(F)(F)F)n1)N/N=C/c1cccc(/C=N/NC(=O)Cn2ccc(C(F)(F)F)n2)c1. The van der Waals surface area contributed by atoms with Crippen molar-refractivity contribution in [2.24, 2.45) is 10.2 Å². The molecule has 10 nitrogen and oxygen atoms in total. The summed E-state index contributed by atoms with van der Waals surface area (Å²) in [6, 6.07) is 7.95. The Balaban J connectivity index is 1.47. The second kappa shape index (κ2) is 10.8. The van der Waals surface area contributed by atoms with Crippen LogP contribution in [-0.4, -0.2) is 43.8 Å². The Morgan fingerprint density at radius 1 is 0.778 bits per heavy atom. The van der Waals surface area contributed by atoms with Gasteiger partial charge in [0.25, 0.3) is 11.8 Å². The van der Waals surface area contributed by atoms with E-state index in [1.165, 1.54) is 12.4 Å². The van der Waals surface area contributed by atoms with E-state index in [-0.39, 0.29) is 0 Å². The Bertz CT molecular complexity index is 1180. The molecule has 36 heavy (non-hydrogen) atoms. The Morgan fingerprint density at radius 3 is 1.56 bits per heavy atom. The van der Waals surface area contributed by atoms with Gasteiger partial charge < -0.3 is 0 Å². The molecule has 0 unspecified atom stereocenters. The summed E-state index contributed by atoms with van der Waals surface area (Å²) in [4.78, 5) is 23.6. The first-order valence-corrected chi connectivity index (χ1v) is 9.85. The van der Waals surface area contributed by atoms with Crippen LogP contribution in [0, 0.1) is 0 Å². The van der Waals surface area contributed by atoms with Gasteiger partial charge in [-0.3, -0.25) is 19.0 Å². The van der Waals surface area contributed by atoms with E-state index < -0.39 is 48.6 Å². The Labute approximate surface area is 198 Å². The van der Waals surface area contributed by atoms with Crippen molar-refractivity contribution in [3.63, 3.8) is 0 Å². The lowest BCUT2D eigenvalue weighted by Gasteiger charge is -2.03. The van der Waals surface area contributed by atoms with Crippen molar-refractivity contribution in [1.82, 2.24) is 30.4 Å². The molecule has 0 radical (unpaired) electrons. The molecule has 3 aromatic rings. The topological polar surface area (TPSA) is 119 Å². The van der Waals surface area contributed by atoms with Crippen LogP contribution >= 0.6 is 0 Å². The zero-order valence-corrected chi connectivity index (χ0v) is 18.0. The minimum Gasteiger partial charge on any atom is -0.271 e. The zero-order chi connectivity index (χ0) is 26.3. The number of alkyl halides is 6. The van der Waals surface area contributed by atoms with Crippen molar-refractivity contribution in [2.45, 2.75) is 25.4 Å². The lowest BCUT2D eigenvalue weighted by Crippen LogP contribution is -2.24. The predicted molar refractivity (Wildman–Crippen MR) is 112 cm³/mol. The van der Waals surface area contributed by atoms with Crippen molar-refractivity contribution in [3.05, 3.63) is 71.3 Å². The molecule has 0 saturated carbocycles. The fourth-order valence-electron chi connectivity index (χ4n) is 2.64. The molecule has 0 bridgehead atoms. The van der Waals surface area contributed by atoms with E-state index in [4.69, 9.17) is 0 Å². The number of aromatic nitrogens is 4. The quantitative estimate of drug-likeness (QED) is 0.273. The number of benzene rings is 1. The van der Waals surface area contributed by atoms with Crippen molar-refractivity contribution in [2.75, 3.05) is 0 Å². The van der Waals surface area contributed by atoms with Crippen molar-refractivity contribution >= 4 is 24.2 Å². The smallest absolute Gasteiger partial charge is 0.271 e. The van der Waals surface area contributed by atoms with Gasteiger partial charge in [0.2, 0.25) is 0 Å². The van der Waals surface area contributed by atoms with Crippen molar-refractivity contribution in [1.29, 1.82) is 0 Å². The number of hydrazone groups is 2. The van der Waals surface area contributed by atoms with Gasteiger partial charge in [-0.15, -0.1) is 0 Å². The van der Waals surface area contributed by atoms with Crippen LogP contribution in [0.1, 0.15) is 22.5 Å². The average Bonchev–Trinajstić information content (AvgIpc) is 3.43. The molecule has 0 aliphatic carbocycles. The summed E-state index contributed by atoms with van der Waals surface area (Å²) in [5.41, 5.74) is 3.11. The summed E-state index contributed by atoms with van der Waals surface area (Å²) in [6.07, 6.45) is -4.65. The van der Waals surface area contributed by atoms with Crippen LogP contribution in [0.4, 0.5) is 26.3 Å². The van der Waals surface area contributed by atoms with Gasteiger partial charge in [-0.1, -0.05) is 18.2 Å². The highest BCUT2D eigenvalue weighted by atomic mass is 19.4. The highest BCUT2D eigenvalue weighted by molar-refractivity contribution is 5.87. The summed E-state index contributed by atoms with van der Waals surface area (Å²) in [6.45, 7) is -0.953. The Hall–Kier alpha value is -4.50. The summed E-state index contributed by atoms with van der Waals surface area (Å²) >= 11 is 0. The second-order valence-electron chi connectivity index (χ2n) is 7.05. The number of halogens is 6. The first-order chi connectivity index (χ1) is 16.9. The molecule has 16 heteroatoms. The third kappa shape index (κ3) is 7.78. The fraction of sp³-hybridized carbons (Fsp3) is 0.200. The van der Waals surface area contributed by atoms with E-state index in [0.717, 1.165) is 33.9 Å². The molecule has 3 rings (SSSR count). The maximum Gasteiger partial charge on any atom is 0.435 e. The lowest BCUT2D eigenvalue weighted by atomic mass is 10.1. The summed E-state index contributed by atoms with van der Waals surface area (Å²) in [7, 11) is 0.